The molecule has 25 heavy (non-hydrogen) atoms. The highest BCUT2D eigenvalue weighted by atomic mass is 16.4. The van der Waals surface area contributed by atoms with Crippen molar-refractivity contribution in [3.63, 3.8) is 0 Å². The minimum atomic E-state index is -0.998. The highest BCUT2D eigenvalue weighted by molar-refractivity contribution is 5.97. The van der Waals surface area contributed by atoms with Crippen molar-refractivity contribution in [2.75, 3.05) is 11.1 Å². The third kappa shape index (κ3) is 2.72. The van der Waals surface area contributed by atoms with Gasteiger partial charge in [-0.1, -0.05) is 12.1 Å². The van der Waals surface area contributed by atoms with E-state index >= 15 is 0 Å². The molecule has 0 saturated carbocycles. The van der Waals surface area contributed by atoms with Crippen LogP contribution in [0.1, 0.15) is 15.9 Å². The van der Waals surface area contributed by atoms with E-state index in [0.717, 1.165) is 16.5 Å². The third-order valence-electron chi connectivity index (χ3n) is 4.09. The van der Waals surface area contributed by atoms with Gasteiger partial charge in [0.05, 0.1) is 11.1 Å². The van der Waals surface area contributed by atoms with Gasteiger partial charge >= 0.3 is 5.97 Å². The summed E-state index contributed by atoms with van der Waals surface area (Å²) < 4.78 is 0. The Morgan fingerprint density at radius 3 is 2.88 bits per heavy atom. The van der Waals surface area contributed by atoms with E-state index in [4.69, 9.17) is 5.73 Å². The van der Waals surface area contributed by atoms with Crippen molar-refractivity contribution in [1.29, 1.82) is 0 Å². The largest absolute Gasteiger partial charge is 0.478 e. The molecule has 0 amide bonds. The molecule has 4 rings (SSSR count). The maximum atomic E-state index is 11.2. The number of aromatic nitrogens is 3. The molecule has 124 valence electrons. The lowest BCUT2D eigenvalue weighted by atomic mass is 10.1. The predicted molar refractivity (Wildman–Crippen MR) is 96.5 cm³/mol. The molecular formula is C18H15N5O2. The molecule has 0 aliphatic carbocycles. The first-order valence-electron chi connectivity index (χ1n) is 7.71. The van der Waals surface area contributed by atoms with Gasteiger partial charge in [0.2, 0.25) is 5.95 Å². The number of aromatic amines is 1. The second kappa shape index (κ2) is 5.79. The van der Waals surface area contributed by atoms with Crippen molar-refractivity contribution < 1.29 is 9.90 Å². The molecule has 0 radical (unpaired) electrons. The van der Waals surface area contributed by atoms with Crippen LogP contribution in [0.3, 0.4) is 0 Å². The molecule has 0 unspecified atom stereocenters. The Labute approximate surface area is 142 Å². The number of anilines is 2. The smallest absolute Gasteiger partial charge is 0.335 e. The molecule has 4 aromatic rings. The highest BCUT2D eigenvalue weighted by Gasteiger charge is 2.11. The van der Waals surface area contributed by atoms with Gasteiger partial charge in [-0.25, -0.2) is 9.78 Å². The lowest BCUT2D eigenvalue weighted by Crippen LogP contribution is -2.06. The molecule has 0 fully saturated rings. The average molecular weight is 333 g/mol. The Hall–Kier alpha value is -3.61. The third-order valence-corrected chi connectivity index (χ3v) is 4.09. The van der Waals surface area contributed by atoms with Crippen LogP contribution in [0.4, 0.5) is 11.8 Å². The van der Waals surface area contributed by atoms with Gasteiger partial charge in [0.1, 0.15) is 5.82 Å². The molecule has 0 saturated heterocycles. The number of carboxylic acid groups (broad SMARTS) is 1. The zero-order valence-corrected chi connectivity index (χ0v) is 13.2. The van der Waals surface area contributed by atoms with Gasteiger partial charge in [-0.3, -0.25) is 0 Å². The lowest BCUT2D eigenvalue weighted by Gasteiger charge is -2.11. The molecule has 2 aromatic carbocycles. The van der Waals surface area contributed by atoms with E-state index in [1.807, 2.05) is 30.5 Å². The van der Waals surface area contributed by atoms with Crippen molar-refractivity contribution in [3.05, 3.63) is 59.8 Å². The molecule has 7 heteroatoms. The van der Waals surface area contributed by atoms with Gasteiger partial charge < -0.3 is 21.1 Å². The number of carboxylic acids is 1. The minimum Gasteiger partial charge on any atom is -0.478 e. The zero-order chi connectivity index (χ0) is 17.4. The van der Waals surface area contributed by atoms with E-state index in [9.17, 15) is 9.90 Å². The van der Waals surface area contributed by atoms with Crippen LogP contribution in [0.15, 0.2) is 48.7 Å². The lowest BCUT2D eigenvalue weighted by molar-refractivity contribution is 0.0697. The molecule has 2 heterocycles. The summed E-state index contributed by atoms with van der Waals surface area (Å²) in [6.07, 6.45) is 1.89. The van der Waals surface area contributed by atoms with Crippen LogP contribution >= 0.6 is 0 Å². The second-order valence-electron chi connectivity index (χ2n) is 5.68. The fourth-order valence-electron chi connectivity index (χ4n) is 2.90. The van der Waals surface area contributed by atoms with Gasteiger partial charge in [-0.2, -0.15) is 4.98 Å². The van der Waals surface area contributed by atoms with Gasteiger partial charge in [-0.15, -0.1) is 0 Å². The fraction of sp³-hybridized carbons (Fsp3) is 0.0556. The van der Waals surface area contributed by atoms with Crippen LogP contribution in [0.2, 0.25) is 0 Å². The number of hydrogen-bond donors (Lipinski definition) is 4. The van der Waals surface area contributed by atoms with Crippen LogP contribution in [-0.4, -0.2) is 26.0 Å². The van der Waals surface area contributed by atoms with Crippen LogP contribution in [0, 0.1) is 0 Å². The number of aromatic carboxylic acids is 1. The molecule has 2 aromatic heterocycles. The summed E-state index contributed by atoms with van der Waals surface area (Å²) in [7, 11) is 0. The first-order valence-corrected chi connectivity index (χ1v) is 7.71. The molecule has 0 spiro atoms. The van der Waals surface area contributed by atoms with Crippen molar-refractivity contribution in [3.8, 4) is 0 Å². The number of rotatable bonds is 4. The maximum absolute atomic E-state index is 11.2. The van der Waals surface area contributed by atoms with E-state index in [1.165, 1.54) is 6.07 Å². The number of nitrogens with two attached hydrogens (primary N) is 1. The second-order valence-corrected chi connectivity index (χ2v) is 5.68. The Bertz CT molecular complexity index is 1100. The van der Waals surface area contributed by atoms with Gasteiger partial charge in [-0.05, 0) is 35.9 Å². The summed E-state index contributed by atoms with van der Waals surface area (Å²) in [5.41, 5.74) is 8.71. The SMILES string of the molecule is Nc1nc(NCc2cccc3[nH]ccc23)c2cc(C(=O)O)ccc2n1. The Morgan fingerprint density at radius 1 is 1.16 bits per heavy atom. The molecule has 5 N–H and O–H groups in total. The number of hydrogen-bond acceptors (Lipinski definition) is 5. The number of H-pyrrole nitrogens is 1. The molecular weight excluding hydrogens is 318 g/mol. The summed E-state index contributed by atoms with van der Waals surface area (Å²) in [5.74, 6) is -0.349. The molecule has 0 atom stereocenters. The van der Waals surface area contributed by atoms with E-state index in [1.54, 1.807) is 12.1 Å². The van der Waals surface area contributed by atoms with Crippen molar-refractivity contribution in [2.24, 2.45) is 0 Å². The van der Waals surface area contributed by atoms with Crippen LogP contribution in [0.25, 0.3) is 21.8 Å². The monoisotopic (exact) mass is 333 g/mol. The summed E-state index contributed by atoms with van der Waals surface area (Å²) in [6.45, 7) is 0.526. The quantitative estimate of drug-likeness (QED) is 0.456. The van der Waals surface area contributed by atoms with Crippen molar-refractivity contribution in [2.45, 2.75) is 6.54 Å². The maximum Gasteiger partial charge on any atom is 0.335 e. The normalized spacial score (nSPS) is 11.0. The zero-order valence-electron chi connectivity index (χ0n) is 13.2. The Kier molecular flexibility index (Phi) is 3.46. The number of carbonyl (C=O) groups is 1. The number of nitrogen functional groups attached to an aromatic ring is 1. The molecule has 7 nitrogen and oxygen atoms in total. The first kappa shape index (κ1) is 14.9. The number of fused-ring (bicyclic) bond motifs is 2. The van der Waals surface area contributed by atoms with Crippen LogP contribution < -0.4 is 11.1 Å². The van der Waals surface area contributed by atoms with Gasteiger partial charge in [0.15, 0.2) is 0 Å². The van der Waals surface area contributed by atoms with Crippen molar-refractivity contribution in [1.82, 2.24) is 15.0 Å². The summed E-state index contributed by atoms with van der Waals surface area (Å²) in [5, 5.41) is 14.2. The van der Waals surface area contributed by atoms with Gasteiger partial charge in [0, 0.05) is 29.0 Å². The number of nitrogens with zero attached hydrogens (tertiary/aromatic N) is 2. The first-order chi connectivity index (χ1) is 12.1. The van der Waals surface area contributed by atoms with E-state index in [-0.39, 0.29) is 11.5 Å². The predicted octanol–water partition coefficient (Wildman–Crippen LogP) is 3.00. The van der Waals surface area contributed by atoms with E-state index in [2.05, 4.69) is 20.3 Å². The standard InChI is InChI=1S/C18H15N5O2/c19-18-22-15-5-4-10(17(24)25)8-13(15)16(23-18)21-9-11-2-1-3-14-12(11)6-7-20-14/h1-8,20H,9H2,(H,24,25)(H3,19,21,22,23). The summed E-state index contributed by atoms with van der Waals surface area (Å²) >= 11 is 0. The van der Waals surface area contributed by atoms with E-state index < -0.39 is 5.97 Å². The average Bonchev–Trinajstić information content (AvgIpc) is 3.08. The van der Waals surface area contributed by atoms with E-state index in [0.29, 0.717) is 23.3 Å². The molecule has 0 bridgehead atoms. The number of nitrogens with one attached hydrogen (secondary N) is 2. The number of benzene rings is 2. The molecule has 0 aliphatic rings. The molecule has 0 aliphatic heterocycles. The highest BCUT2D eigenvalue weighted by Crippen LogP contribution is 2.24. The topological polar surface area (TPSA) is 117 Å². The minimum absolute atomic E-state index is 0.137. The summed E-state index contributed by atoms with van der Waals surface area (Å²) in [4.78, 5) is 22.8. The van der Waals surface area contributed by atoms with Crippen molar-refractivity contribution >= 4 is 39.5 Å². The Morgan fingerprint density at radius 2 is 2.04 bits per heavy atom. The van der Waals surface area contributed by atoms with Crippen LogP contribution in [0.5, 0.6) is 0 Å². The Balaban J connectivity index is 1.74. The summed E-state index contributed by atoms with van der Waals surface area (Å²) in [6, 6.07) is 12.7. The fourth-order valence-corrected chi connectivity index (χ4v) is 2.90. The van der Waals surface area contributed by atoms with Gasteiger partial charge in [0.25, 0.3) is 0 Å². The van der Waals surface area contributed by atoms with Crippen LogP contribution in [-0.2, 0) is 6.54 Å².